The summed E-state index contributed by atoms with van der Waals surface area (Å²) in [5.41, 5.74) is 1.07. The van der Waals surface area contributed by atoms with E-state index in [0.29, 0.717) is 12.5 Å². The molecule has 0 heterocycles. The molecular formula is C12H20O2. The van der Waals surface area contributed by atoms with Crippen molar-refractivity contribution in [3.8, 4) is 0 Å². The Morgan fingerprint density at radius 1 is 1.50 bits per heavy atom. The van der Waals surface area contributed by atoms with E-state index in [1.165, 1.54) is 6.92 Å². The lowest BCUT2D eigenvalue weighted by Crippen LogP contribution is -2.04. The number of allylic oxidation sites excluding steroid dienone is 3. The maximum absolute atomic E-state index is 10.5. The second-order valence-electron chi connectivity index (χ2n) is 3.72. The number of hydrogen-bond acceptors (Lipinski definition) is 2. The number of hydrogen-bond donors (Lipinski definition) is 0. The molecule has 0 aliphatic rings. The minimum Gasteiger partial charge on any atom is -0.466 e. The van der Waals surface area contributed by atoms with Crippen LogP contribution >= 0.6 is 0 Å². The smallest absolute Gasteiger partial charge is 0.302 e. The van der Waals surface area contributed by atoms with E-state index in [4.69, 9.17) is 4.74 Å². The quantitative estimate of drug-likeness (QED) is 0.482. The topological polar surface area (TPSA) is 26.3 Å². The Morgan fingerprint density at radius 2 is 2.14 bits per heavy atom. The third-order valence-electron chi connectivity index (χ3n) is 1.86. The van der Waals surface area contributed by atoms with Crippen molar-refractivity contribution in [1.82, 2.24) is 0 Å². The lowest BCUT2D eigenvalue weighted by molar-refractivity contribution is -0.141. The van der Waals surface area contributed by atoms with Crippen LogP contribution in [0, 0.1) is 5.92 Å². The summed E-state index contributed by atoms with van der Waals surface area (Å²) in [6.07, 6.45) is 6.05. The molecule has 0 aromatic carbocycles. The molecule has 0 rings (SSSR count). The Kier molecular flexibility index (Phi) is 6.81. The van der Waals surface area contributed by atoms with E-state index >= 15 is 0 Å². The van der Waals surface area contributed by atoms with Gasteiger partial charge in [-0.15, -0.1) is 0 Å². The van der Waals surface area contributed by atoms with Crippen LogP contribution in [0.3, 0.4) is 0 Å². The predicted octanol–water partition coefficient (Wildman–Crippen LogP) is 3.10. The molecule has 0 saturated heterocycles. The van der Waals surface area contributed by atoms with Gasteiger partial charge in [-0.1, -0.05) is 31.2 Å². The molecule has 80 valence electrons. The van der Waals surface area contributed by atoms with Crippen LogP contribution in [0.5, 0.6) is 0 Å². The summed E-state index contributed by atoms with van der Waals surface area (Å²) in [6.45, 7) is 9.86. The molecule has 2 heteroatoms. The van der Waals surface area contributed by atoms with E-state index < -0.39 is 0 Å². The van der Waals surface area contributed by atoms with Crippen molar-refractivity contribution in [2.75, 3.05) is 6.61 Å². The first-order valence-electron chi connectivity index (χ1n) is 4.97. The van der Waals surface area contributed by atoms with Crippen molar-refractivity contribution in [1.29, 1.82) is 0 Å². The van der Waals surface area contributed by atoms with Gasteiger partial charge in [0.2, 0.25) is 0 Å². The highest BCUT2D eigenvalue weighted by atomic mass is 16.5. The standard InChI is InChI=1S/C12H20O2/c1-10(2)6-5-7-11(3)8-9-14-12(4)13/h5-6,11H,1,7-9H2,2-4H3/b6-5+. The summed E-state index contributed by atoms with van der Waals surface area (Å²) in [6, 6.07) is 0. The molecule has 0 aliphatic heterocycles. The summed E-state index contributed by atoms with van der Waals surface area (Å²) >= 11 is 0. The molecular weight excluding hydrogens is 176 g/mol. The fraction of sp³-hybridized carbons (Fsp3) is 0.583. The average molecular weight is 196 g/mol. The van der Waals surface area contributed by atoms with E-state index in [-0.39, 0.29) is 5.97 Å². The first-order chi connectivity index (χ1) is 6.52. The zero-order valence-electron chi connectivity index (χ0n) is 9.38. The Morgan fingerprint density at radius 3 is 2.64 bits per heavy atom. The average Bonchev–Trinajstić information content (AvgIpc) is 2.02. The first kappa shape index (κ1) is 12.9. The molecule has 0 aromatic heterocycles. The monoisotopic (exact) mass is 196 g/mol. The molecule has 0 spiro atoms. The summed E-state index contributed by atoms with van der Waals surface area (Å²) < 4.78 is 4.86. The lowest BCUT2D eigenvalue weighted by atomic mass is 10.0. The van der Waals surface area contributed by atoms with E-state index in [9.17, 15) is 4.79 Å². The van der Waals surface area contributed by atoms with Crippen LogP contribution in [0.4, 0.5) is 0 Å². The molecule has 0 amide bonds. The van der Waals surface area contributed by atoms with Crippen LogP contribution in [0.15, 0.2) is 24.3 Å². The van der Waals surface area contributed by atoms with Crippen LogP contribution in [0.25, 0.3) is 0 Å². The highest BCUT2D eigenvalue weighted by Crippen LogP contribution is 2.09. The normalized spacial score (nSPS) is 12.8. The zero-order valence-corrected chi connectivity index (χ0v) is 9.38. The van der Waals surface area contributed by atoms with E-state index in [1.54, 1.807) is 0 Å². The highest BCUT2D eigenvalue weighted by molar-refractivity contribution is 5.65. The molecule has 1 atom stereocenters. The van der Waals surface area contributed by atoms with Crippen molar-refractivity contribution < 1.29 is 9.53 Å². The number of ether oxygens (including phenoxy) is 1. The van der Waals surface area contributed by atoms with Crippen molar-refractivity contribution in [3.63, 3.8) is 0 Å². The van der Waals surface area contributed by atoms with Gasteiger partial charge in [-0.2, -0.15) is 0 Å². The summed E-state index contributed by atoms with van der Waals surface area (Å²) in [5, 5.41) is 0. The molecule has 14 heavy (non-hydrogen) atoms. The van der Waals surface area contributed by atoms with Crippen molar-refractivity contribution in [2.45, 2.75) is 33.6 Å². The SMILES string of the molecule is C=C(C)/C=C/CC(C)CCOC(C)=O. The number of rotatable bonds is 6. The summed E-state index contributed by atoms with van der Waals surface area (Å²) in [4.78, 5) is 10.5. The van der Waals surface area contributed by atoms with Gasteiger partial charge in [-0.05, 0) is 25.7 Å². The summed E-state index contributed by atoms with van der Waals surface area (Å²) in [5.74, 6) is 0.347. The maximum atomic E-state index is 10.5. The molecule has 0 fully saturated rings. The fourth-order valence-corrected chi connectivity index (χ4v) is 1.02. The van der Waals surface area contributed by atoms with Gasteiger partial charge in [-0.25, -0.2) is 0 Å². The van der Waals surface area contributed by atoms with Gasteiger partial charge in [0.15, 0.2) is 0 Å². The molecule has 0 bridgehead atoms. The van der Waals surface area contributed by atoms with E-state index in [1.807, 2.05) is 13.0 Å². The zero-order chi connectivity index (χ0) is 11.0. The maximum Gasteiger partial charge on any atom is 0.302 e. The van der Waals surface area contributed by atoms with E-state index in [2.05, 4.69) is 19.6 Å². The molecule has 0 radical (unpaired) electrons. The van der Waals surface area contributed by atoms with Crippen molar-refractivity contribution in [2.24, 2.45) is 5.92 Å². The lowest BCUT2D eigenvalue weighted by Gasteiger charge is -2.07. The Labute approximate surface area is 86.6 Å². The molecule has 0 saturated carbocycles. The highest BCUT2D eigenvalue weighted by Gasteiger charge is 2.00. The minimum atomic E-state index is -0.199. The fourth-order valence-electron chi connectivity index (χ4n) is 1.02. The Balaban J connectivity index is 3.50. The number of esters is 1. The van der Waals surface area contributed by atoms with Gasteiger partial charge in [0, 0.05) is 6.92 Å². The second-order valence-corrected chi connectivity index (χ2v) is 3.72. The minimum absolute atomic E-state index is 0.199. The molecule has 0 N–H and O–H groups in total. The van der Waals surface area contributed by atoms with Gasteiger partial charge in [0.1, 0.15) is 0 Å². The van der Waals surface area contributed by atoms with Gasteiger partial charge in [0.05, 0.1) is 6.61 Å². The van der Waals surface area contributed by atoms with Crippen molar-refractivity contribution >= 4 is 5.97 Å². The summed E-state index contributed by atoms with van der Waals surface area (Å²) in [7, 11) is 0. The third-order valence-corrected chi connectivity index (χ3v) is 1.86. The number of carbonyl (C=O) groups excluding carboxylic acids is 1. The Hall–Kier alpha value is -1.05. The van der Waals surface area contributed by atoms with Crippen LogP contribution < -0.4 is 0 Å². The van der Waals surface area contributed by atoms with E-state index in [0.717, 1.165) is 18.4 Å². The Bertz CT molecular complexity index is 216. The predicted molar refractivity (Wildman–Crippen MR) is 59.0 cm³/mol. The van der Waals surface area contributed by atoms with Crippen molar-refractivity contribution in [3.05, 3.63) is 24.3 Å². The third kappa shape index (κ3) is 9.04. The number of carbonyl (C=O) groups is 1. The first-order valence-corrected chi connectivity index (χ1v) is 4.97. The van der Waals surface area contributed by atoms with Crippen LogP contribution in [-0.2, 0) is 9.53 Å². The molecule has 1 unspecified atom stereocenters. The second kappa shape index (κ2) is 7.36. The van der Waals surface area contributed by atoms with Crippen LogP contribution in [0.1, 0.15) is 33.6 Å². The largest absolute Gasteiger partial charge is 0.466 e. The van der Waals surface area contributed by atoms with Gasteiger partial charge < -0.3 is 4.74 Å². The van der Waals surface area contributed by atoms with Gasteiger partial charge in [-0.3, -0.25) is 4.79 Å². The van der Waals surface area contributed by atoms with Crippen LogP contribution in [-0.4, -0.2) is 12.6 Å². The molecule has 0 aliphatic carbocycles. The molecule has 0 aromatic rings. The molecule has 2 nitrogen and oxygen atoms in total. The van der Waals surface area contributed by atoms with Crippen LogP contribution in [0.2, 0.25) is 0 Å². The van der Waals surface area contributed by atoms with Gasteiger partial charge in [0.25, 0.3) is 0 Å². The van der Waals surface area contributed by atoms with Gasteiger partial charge >= 0.3 is 5.97 Å².